The molecule has 1 aliphatic heterocycles. The van der Waals surface area contributed by atoms with Crippen LogP contribution in [-0.2, 0) is 5.41 Å². The summed E-state index contributed by atoms with van der Waals surface area (Å²) in [5.41, 5.74) is 4.44. The van der Waals surface area contributed by atoms with Crippen molar-refractivity contribution >= 4 is 17.5 Å². The van der Waals surface area contributed by atoms with Gasteiger partial charge in [-0.2, -0.15) is 0 Å². The molecule has 2 nitrogen and oxygen atoms in total. The van der Waals surface area contributed by atoms with Crippen LogP contribution in [0.25, 0.3) is 6.08 Å². The van der Waals surface area contributed by atoms with Gasteiger partial charge >= 0.3 is 0 Å². The smallest absolute Gasteiger partial charge is 0.126 e. The molecule has 0 spiro atoms. The van der Waals surface area contributed by atoms with E-state index in [2.05, 4.69) is 44.2 Å². The lowest BCUT2D eigenvalue weighted by Crippen LogP contribution is -2.23. The standard InChI is InChI=1S/C19H19NO/c1-19(2)15-9-5-6-10-16(15)20-18(19)13-12-14-8-4-7-11-17(14)21-3/h4-13H,1-3H3/b13-12+. The number of para-hydroxylation sites is 2. The van der Waals surface area contributed by atoms with Crippen LogP contribution >= 0.6 is 0 Å². The van der Waals surface area contributed by atoms with Gasteiger partial charge < -0.3 is 4.74 Å². The lowest BCUT2D eigenvalue weighted by Gasteiger charge is -2.20. The Morgan fingerprint density at radius 1 is 0.952 bits per heavy atom. The molecule has 0 unspecified atom stereocenters. The predicted molar refractivity (Wildman–Crippen MR) is 88.6 cm³/mol. The van der Waals surface area contributed by atoms with Gasteiger partial charge in [0, 0.05) is 11.0 Å². The van der Waals surface area contributed by atoms with Crippen molar-refractivity contribution in [3.05, 3.63) is 65.7 Å². The van der Waals surface area contributed by atoms with E-state index in [1.807, 2.05) is 30.3 Å². The highest BCUT2D eigenvalue weighted by atomic mass is 16.5. The molecular weight excluding hydrogens is 258 g/mol. The molecule has 21 heavy (non-hydrogen) atoms. The molecule has 0 aliphatic carbocycles. The van der Waals surface area contributed by atoms with Crippen LogP contribution in [0.4, 0.5) is 5.69 Å². The summed E-state index contributed by atoms with van der Waals surface area (Å²) < 4.78 is 5.38. The zero-order chi connectivity index (χ0) is 14.9. The minimum Gasteiger partial charge on any atom is -0.496 e. The molecule has 0 aromatic heterocycles. The minimum atomic E-state index is -0.0604. The Balaban J connectivity index is 1.95. The summed E-state index contributed by atoms with van der Waals surface area (Å²) in [5, 5.41) is 0. The number of nitrogens with zero attached hydrogens (tertiary/aromatic N) is 1. The first-order valence-electron chi connectivity index (χ1n) is 7.12. The summed E-state index contributed by atoms with van der Waals surface area (Å²) in [6, 6.07) is 16.3. The van der Waals surface area contributed by atoms with Gasteiger partial charge in [0.1, 0.15) is 5.75 Å². The van der Waals surface area contributed by atoms with Gasteiger partial charge in [-0.1, -0.05) is 50.2 Å². The largest absolute Gasteiger partial charge is 0.496 e. The van der Waals surface area contributed by atoms with Crippen LogP contribution in [0, 0.1) is 0 Å². The van der Waals surface area contributed by atoms with Gasteiger partial charge in [-0.05, 0) is 29.8 Å². The number of allylic oxidation sites excluding steroid dienone is 1. The molecule has 0 N–H and O–H groups in total. The van der Waals surface area contributed by atoms with Gasteiger partial charge in [0.05, 0.1) is 18.5 Å². The zero-order valence-electron chi connectivity index (χ0n) is 12.6. The molecule has 0 bridgehead atoms. The summed E-state index contributed by atoms with van der Waals surface area (Å²) in [6.45, 7) is 4.43. The van der Waals surface area contributed by atoms with E-state index in [0.29, 0.717) is 0 Å². The highest BCUT2D eigenvalue weighted by Crippen LogP contribution is 2.40. The Bertz CT molecular complexity index is 726. The van der Waals surface area contributed by atoms with Crippen molar-refractivity contribution in [3.63, 3.8) is 0 Å². The molecule has 1 aliphatic rings. The molecule has 106 valence electrons. The number of aliphatic imine (C=N–C) groups is 1. The van der Waals surface area contributed by atoms with E-state index >= 15 is 0 Å². The first-order valence-corrected chi connectivity index (χ1v) is 7.12. The van der Waals surface area contributed by atoms with Crippen LogP contribution in [0.3, 0.4) is 0 Å². The van der Waals surface area contributed by atoms with Crippen LogP contribution < -0.4 is 4.74 Å². The van der Waals surface area contributed by atoms with Crippen LogP contribution in [0.15, 0.2) is 59.6 Å². The van der Waals surface area contributed by atoms with Crippen molar-refractivity contribution in [1.29, 1.82) is 0 Å². The van der Waals surface area contributed by atoms with E-state index in [1.165, 1.54) is 5.56 Å². The maximum absolute atomic E-state index is 5.38. The number of fused-ring (bicyclic) bond motifs is 1. The predicted octanol–water partition coefficient (Wildman–Crippen LogP) is 4.77. The SMILES string of the molecule is COc1ccccc1/C=C/C1=Nc2ccccc2C1(C)C. The molecule has 0 radical (unpaired) electrons. The molecule has 2 aromatic rings. The van der Waals surface area contributed by atoms with Gasteiger partial charge in [-0.3, -0.25) is 4.99 Å². The number of ether oxygens (including phenoxy) is 1. The molecule has 2 heteroatoms. The molecule has 2 aromatic carbocycles. The highest BCUT2D eigenvalue weighted by molar-refractivity contribution is 6.10. The Labute approximate surface area is 125 Å². The van der Waals surface area contributed by atoms with Gasteiger partial charge in [-0.15, -0.1) is 0 Å². The number of rotatable bonds is 3. The van der Waals surface area contributed by atoms with Crippen LogP contribution in [0.1, 0.15) is 25.0 Å². The van der Waals surface area contributed by atoms with Crippen molar-refractivity contribution in [2.75, 3.05) is 7.11 Å². The number of methoxy groups -OCH3 is 1. The second-order valence-electron chi connectivity index (χ2n) is 5.71. The monoisotopic (exact) mass is 277 g/mol. The molecule has 0 fully saturated rings. The molecule has 0 saturated heterocycles. The molecule has 3 rings (SSSR count). The number of hydrogen-bond acceptors (Lipinski definition) is 2. The second kappa shape index (κ2) is 5.21. The fraction of sp³-hybridized carbons (Fsp3) is 0.211. The molecule has 0 saturated carbocycles. The minimum absolute atomic E-state index is 0.0604. The van der Waals surface area contributed by atoms with Gasteiger partial charge in [-0.25, -0.2) is 0 Å². The van der Waals surface area contributed by atoms with E-state index in [0.717, 1.165) is 22.7 Å². The van der Waals surface area contributed by atoms with Crippen molar-refractivity contribution in [1.82, 2.24) is 0 Å². The Morgan fingerprint density at radius 3 is 2.43 bits per heavy atom. The quantitative estimate of drug-likeness (QED) is 0.791. The van der Waals surface area contributed by atoms with E-state index in [1.54, 1.807) is 7.11 Å². The third-order valence-corrected chi connectivity index (χ3v) is 4.02. The third-order valence-electron chi connectivity index (χ3n) is 4.02. The van der Waals surface area contributed by atoms with Gasteiger partial charge in [0.25, 0.3) is 0 Å². The average Bonchev–Trinajstić information content (AvgIpc) is 2.77. The van der Waals surface area contributed by atoms with Crippen LogP contribution in [0.5, 0.6) is 5.75 Å². The topological polar surface area (TPSA) is 21.6 Å². The fourth-order valence-corrected chi connectivity index (χ4v) is 2.73. The van der Waals surface area contributed by atoms with Gasteiger partial charge in [0.15, 0.2) is 0 Å². The highest BCUT2D eigenvalue weighted by Gasteiger charge is 2.32. The van der Waals surface area contributed by atoms with Crippen molar-refractivity contribution in [3.8, 4) is 5.75 Å². The number of benzene rings is 2. The maximum Gasteiger partial charge on any atom is 0.126 e. The molecular formula is C19H19NO. The van der Waals surface area contributed by atoms with E-state index < -0.39 is 0 Å². The van der Waals surface area contributed by atoms with Crippen molar-refractivity contribution in [2.24, 2.45) is 4.99 Å². The second-order valence-corrected chi connectivity index (χ2v) is 5.71. The van der Waals surface area contributed by atoms with E-state index in [4.69, 9.17) is 9.73 Å². The Hall–Kier alpha value is -2.35. The zero-order valence-corrected chi connectivity index (χ0v) is 12.6. The fourth-order valence-electron chi connectivity index (χ4n) is 2.73. The lowest BCUT2D eigenvalue weighted by molar-refractivity contribution is 0.414. The Morgan fingerprint density at radius 2 is 1.67 bits per heavy atom. The van der Waals surface area contributed by atoms with E-state index in [9.17, 15) is 0 Å². The van der Waals surface area contributed by atoms with Crippen molar-refractivity contribution < 1.29 is 4.74 Å². The molecule has 1 heterocycles. The van der Waals surface area contributed by atoms with Crippen molar-refractivity contribution in [2.45, 2.75) is 19.3 Å². The number of hydrogen-bond donors (Lipinski definition) is 0. The van der Waals surface area contributed by atoms with Crippen LogP contribution in [0.2, 0.25) is 0 Å². The summed E-state index contributed by atoms with van der Waals surface area (Å²) in [6.07, 6.45) is 4.17. The van der Waals surface area contributed by atoms with E-state index in [-0.39, 0.29) is 5.41 Å². The summed E-state index contributed by atoms with van der Waals surface area (Å²) >= 11 is 0. The Kier molecular flexibility index (Phi) is 3.38. The molecule has 0 amide bonds. The summed E-state index contributed by atoms with van der Waals surface area (Å²) in [4.78, 5) is 4.76. The average molecular weight is 277 g/mol. The maximum atomic E-state index is 5.38. The normalized spacial score (nSPS) is 15.9. The first kappa shape index (κ1) is 13.6. The lowest BCUT2D eigenvalue weighted by atomic mass is 9.81. The summed E-state index contributed by atoms with van der Waals surface area (Å²) in [7, 11) is 1.69. The van der Waals surface area contributed by atoms with Crippen LogP contribution in [-0.4, -0.2) is 12.8 Å². The molecule has 0 atom stereocenters. The third kappa shape index (κ3) is 2.38. The van der Waals surface area contributed by atoms with Gasteiger partial charge in [0.2, 0.25) is 0 Å². The first-order chi connectivity index (χ1) is 10.1. The summed E-state index contributed by atoms with van der Waals surface area (Å²) in [5.74, 6) is 0.877.